The maximum Gasteiger partial charge on any atom is 0.0537 e. The van der Waals surface area contributed by atoms with Crippen LogP contribution >= 0.6 is 11.3 Å². The van der Waals surface area contributed by atoms with Crippen molar-refractivity contribution in [1.29, 1.82) is 0 Å². The molecule has 0 radical (unpaired) electrons. The summed E-state index contributed by atoms with van der Waals surface area (Å²) in [5, 5.41) is 12.2. The number of nitrogens with one attached hydrogen (secondary N) is 1. The van der Waals surface area contributed by atoms with E-state index >= 15 is 0 Å². The van der Waals surface area contributed by atoms with Crippen LogP contribution in [-0.2, 0) is 13.1 Å². The van der Waals surface area contributed by atoms with Gasteiger partial charge in [-0.15, -0.1) is 0 Å². The molecule has 0 aliphatic rings. The standard InChI is InChI=1S/C13H19N3S/c1-4-16-7-12(6-15-16)11(3)14-5-13-9-17-8-10(13)2/h6-9,11,14H,4-5H2,1-3H3. The summed E-state index contributed by atoms with van der Waals surface area (Å²) in [6.07, 6.45) is 4.06. The van der Waals surface area contributed by atoms with Crippen molar-refractivity contribution in [2.75, 3.05) is 0 Å². The maximum absolute atomic E-state index is 4.30. The topological polar surface area (TPSA) is 29.9 Å². The van der Waals surface area contributed by atoms with Gasteiger partial charge in [0, 0.05) is 30.9 Å². The molecule has 3 nitrogen and oxygen atoms in total. The predicted octanol–water partition coefficient (Wildman–Crippen LogP) is 3.12. The first-order valence-electron chi connectivity index (χ1n) is 5.98. The van der Waals surface area contributed by atoms with Crippen LogP contribution in [0.25, 0.3) is 0 Å². The fraction of sp³-hybridized carbons (Fsp3) is 0.462. The molecule has 0 aromatic carbocycles. The minimum absolute atomic E-state index is 0.342. The lowest BCUT2D eigenvalue weighted by Crippen LogP contribution is -2.17. The van der Waals surface area contributed by atoms with Crippen molar-refractivity contribution < 1.29 is 0 Å². The average Bonchev–Trinajstić information content (AvgIpc) is 2.94. The maximum atomic E-state index is 4.30. The molecule has 17 heavy (non-hydrogen) atoms. The fourth-order valence-corrected chi connectivity index (χ4v) is 2.58. The first kappa shape index (κ1) is 12.3. The van der Waals surface area contributed by atoms with Crippen molar-refractivity contribution in [2.45, 2.75) is 39.9 Å². The van der Waals surface area contributed by atoms with E-state index in [4.69, 9.17) is 0 Å². The molecule has 0 spiro atoms. The van der Waals surface area contributed by atoms with E-state index in [2.05, 4.69) is 48.1 Å². The summed E-state index contributed by atoms with van der Waals surface area (Å²) in [5.74, 6) is 0. The number of thiophene rings is 1. The van der Waals surface area contributed by atoms with Gasteiger partial charge in [-0.25, -0.2) is 0 Å². The zero-order chi connectivity index (χ0) is 12.3. The summed E-state index contributed by atoms with van der Waals surface area (Å²) in [4.78, 5) is 0. The van der Waals surface area contributed by atoms with Crippen LogP contribution in [0.15, 0.2) is 23.2 Å². The highest BCUT2D eigenvalue weighted by atomic mass is 32.1. The zero-order valence-corrected chi connectivity index (χ0v) is 11.4. The second-order valence-electron chi connectivity index (χ2n) is 4.31. The van der Waals surface area contributed by atoms with Crippen molar-refractivity contribution in [3.63, 3.8) is 0 Å². The number of aromatic nitrogens is 2. The molecule has 2 aromatic rings. The van der Waals surface area contributed by atoms with Gasteiger partial charge < -0.3 is 5.32 Å². The molecule has 1 unspecified atom stereocenters. The highest BCUT2D eigenvalue weighted by molar-refractivity contribution is 7.08. The van der Waals surface area contributed by atoms with Crippen LogP contribution in [0.4, 0.5) is 0 Å². The van der Waals surface area contributed by atoms with Crippen molar-refractivity contribution in [3.8, 4) is 0 Å². The van der Waals surface area contributed by atoms with Crippen LogP contribution in [0.1, 0.15) is 36.6 Å². The molecule has 0 saturated carbocycles. The Morgan fingerprint density at radius 1 is 1.47 bits per heavy atom. The molecule has 2 rings (SSSR count). The van der Waals surface area contributed by atoms with E-state index < -0.39 is 0 Å². The quantitative estimate of drug-likeness (QED) is 0.882. The van der Waals surface area contributed by atoms with Gasteiger partial charge in [-0.2, -0.15) is 16.4 Å². The predicted molar refractivity (Wildman–Crippen MR) is 72.2 cm³/mol. The van der Waals surface area contributed by atoms with Crippen molar-refractivity contribution in [3.05, 3.63) is 39.8 Å². The Labute approximate surface area is 106 Å². The van der Waals surface area contributed by atoms with Crippen molar-refractivity contribution >= 4 is 11.3 Å². The molecule has 0 aliphatic carbocycles. The highest BCUT2D eigenvalue weighted by Gasteiger charge is 2.08. The number of nitrogens with zero attached hydrogens (tertiary/aromatic N) is 2. The number of hydrogen-bond donors (Lipinski definition) is 1. The molecule has 0 bridgehead atoms. The molecule has 2 aromatic heterocycles. The summed E-state index contributed by atoms with van der Waals surface area (Å²) in [6, 6.07) is 0.342. The molecule has 0 fully saturated rings. The van der Waals surface area contributed by atoms with Crippen molar-refractivity contribution in [1.82, 2.24) is 15.1 Å². The fourth-order valence-electron chi connectivity index (χ4n) is 1.72. The molecule has 0 saturated heterocycles. The number of rotatable bonds is 5. The summed E-state index contributed by atoms with van der Waals surface area (Å²) >= 11 is 1.76. The Morgan fingerprint density at radius 3 is 2.88 bits per heavy atom. The normalized spacial score (nSPS) is 12.9. The lowest BCUT2D eigenvalue weighted by atomic mass is 10.1. The lowest BCUT2D eigenvalue weighted by molar-refractivity contribution is 0.572. The van der Waals surface area contributed by atoms with E-state index in [1.165, 1.54) is 16.7 Å². The highest BCUT2D eigenvalue weighted by Crippen LogP contribution is 2.16. The molecule has 0 aliphatic heterocycles. The van der Waals surface area contributed by atoms with Gasteiger partial charge in [0.05, 0.1) is 6.20 Å². The van der Waals surface area contributed by atoms with Crippen molar-refractivity contribution in [2.24, 2.45) is 0 Å². The Morgan fingerprint density at radius 2 is 2.29 bits per heavy atom. The van der Waals surface area contributed by atoms with Gasteiger partial charge >= 0.3 is 0 Å². The van der Waals surface area contributed by atoms with E-state index in [0.717, 1.165) is 13.1 Å². The SMILES string of the molecule is CCn1cc(C(C)NCc2cscc2C)cn1. The third-order valence-corrected chi connectivity index (χ3v) is 3.95. The molecule has 0 amide bonds. The lowest BCUT2D eigenvalue weighted by Gasteiger charge is -2.11. The van der Waals surface area contributed by atoms with Gasteiger partial charge in [0.15, 0.2) is 0 Å². The summed E-state index contributed by atoms with van der Waals surface area (Å²) in [6.45, 7) is 8.29. The smallest absolute Gasteiger partial charge is 0.0537 e. The molecular weight excluding hydrogens is 230 g/mol. The first-order chi connectivity index (χ1) is 8.20. The van der Waals surface area contributed by atoms with Crippen LogP contribution in [0, 0.1) is 6.92 Å². The van der Waals surface area contributed by atoms with Gasteiger partial charge in [0.25, 0.3) is 0 Å². The molecule has 2 heterocycles. The zero-order valence-electron chi connectivity index (χ0n) is 10.6. The van der Waals surface area contributed by atoms with Crippen LogP contribution in [0.2, 0.25) is 0 Å². The van der Waals surface area contributed by atoms with Gasteiger partial charge in [-0.3, -0.25) is 4.68 Å². The second kappa shape index (κ2) is 5.47. The largest absolute Gasteiger partial charge is 0.306 e. The molecule has 4 heteroatoms. The monoisotopic (exact) mass is 249 g/mol. The van der Waals surface area contributed by atoms with E-state index in [1.807, 2.05) is 10.9 Å². The van der Waals surface area contributed by atoms with Crippen LogP contribution in [0.3, 0.4) is 0 Å². The summed E-state index contributed by atoms with van der Waals surface area (Å²) in [7, 11) is 0. The molecule has 1 atom stereocenters. The van der Waals surface area contributed by atoms with Gasteiger partial charge in [0.1, 0.15) is 0 Å². The van der Waals surface area contributed by atoms with E-state index in [9.17, 15) is 0 Å². The van der Waals surface area contributed by atoms with Crippen LogP contribution < -0.4 is 5.32 Å². The Bertz CT molecular complexity index is 472. The minimum Gasteiger partial charge on any atom is -0.306 e. The molecule has 92 valence electrons. The Balaban J connectivity index is 1.93. The summed E-state index contributed by atoms with van der Waals surface area (Å²) < 4.78 is 1.96. The van der Waals surface area contributed by atoms with Gasteiger partial charge in [0.2, 0.25) is 0 Å². The molecule has 1 N–H and O–H groups in total. The number of aryl methyl sites for hydroxylation is 2. The first-order valence-corrected chi connectivity index (χ1v) is 6.92. The third-order valence-electron chi connectivity index (χ3n) is 3.04. The van der Waals surface area contributed by atoms with E-state index in [-0.39, 0.29) is 0 Å². The van der Waals surface area contributed by atoms with Gasteiger partial charge in [-0.05, 0) is 42.7 Å². The second-order valence-corrected chi connectivity index (χ2v) is 5.06. The van der Waals surface area contributed by atoms with Gasteiger partial charge in [-0.1, -0.05) is 0 Å². The summed E-state index contributed by atoms with van der Waals surface area (Å²) in [5.41, 5.74) is 4.02. The van der Waals surface area contributed by atoms with Crippen LogP contribution in [-0.4, -0.2) is 9.78 Å². The van der Waals surface area contributed by atoms with Crippen LogP contribution in [0.5, 0.6) is 0 Å². The number of hydrogen-bond acceptors (Lipinski definition) is 3. The average molecular weight is 249 g/mol. The van der Waals surface area contributed by atoms with E-state index in [1.54, 1.807) is 11.3 Å². The minimum atomic E-state index is 0.342. The Kier molecular flexibility index (Phi) is 3.97. The van der Waals surface area contributed by atoms with E-state index in [0.29, 0.717) is 6.04 Å². The Hall–Kier alpha value is -1.13. The molecular formula is C13H19N3S. The third kappa shape index (κ3) is 2.96.